The molecule has 0 fully saturated rings. The molecule has 0 aliphatic heterocycles. The number of carbonyl (C=O) groups excluding carboxylic acids is 1. The van der Waals surface area contributed by atoms with Gasteiger partial charge in [0.05, 0.1) is 10.7 Å². The molecule has 3 aromatic carbocycles. The Morgan fingerprint density at radius 1 is 0.935 bits per heavy atom. The van der Waals surface area contributed by atoms with Gasteiger partial charge in [-0.3, -0.25) is 10.1 Å². The Morgan fingerprint density at radius 3 is 2.42 bits per heavy atom. The standard InChI is InChI=1S/C23H14Cl2N4OS/c24-17-10-11-18(19(25)12-17)20-13-31-23-27-22(28-29(20)23)26-21(30)16-8-6-15(7-9-16)14-4-2-1-3-5-14/h1-13H,(H,26,28,30). The summed E-state index contributed by atoms with van der Waals surface area (Å²) < 4.78 is 1.66. The van der Waals surface area contributed by atoms with Crippen LogP contribution in [0.5, 0.6) is 0 Å². The first-order chi connectivity index (χ1) is 15.1. The summed E-state index contributed by atoms with van der Waals surface area (Å²) in [6, 6.07) is 22.7. The van der Waals surface area contributed by atoms with Crippen LogP contribution in [0.4, 0.5) is 5.95 Å². The van der Waals surface area contributed by atoms with E-state index in [4.69, 9.17) is 23.2 Å². The quantitative estimate of drug-likeness (QED) is 0.322. The van der Waals surface area contributed by atoms with Gasteiger partial charge in [0.2, 0.25) is 4.96 Å². The summed E-state index contributed by atoms with van der Waals surface area (Å²) in [6.45, 7) is 0. The van der Waals surface area contributed by atoms with Gasteiger partial charge in [0.1, 0.15) is 0 Å². The van der Waals surface area contributed by atoms with Gasteiger partial charge < -0.3 is 0 Å². The van der Waals surface area contributed by atoms with Gasteiger partial charge in [-0.05, 0) is 41.5 Å². The van der Waals surface area contributed by atoms with Crippen LogP contribution in [0.2, 0.25) is 10.0 Å². The van der Waals surface area contributed by atoms with Crippen LogP contribution < -0.4 is 5.32 Å². The topological polar surface area (TPSA) is 59.3 Å². The Labute approximate surface area is 191 Å². The Bertz CT molecular complexity index is 1390. The van der Waals surface area contributed by atoms with E-state index in [1.54, 1.807) is 28.8 Å². The number of hydrogen-bond acceptors (Lipinski definition) is 4. The second kappa shape index (κ2) is 8.15. The second-order valence-electron chi connectivity index (χ2n) is 6.77. The number of nitrogens with zero attached hydrogens (tertiary/aromatic N) is 3. The Hall–Kier alpha value is -3.19. The summed E-state index contributed by atoms with van der Waals surface area (Å²) in [5, 5.41) is 10.2. The fourth-order valence-electron chi connectivity index (χ4n) is 3.24. The fourth-order valence-corrected chi connectivity index (χ4v) is 4.56. The number of thiazole rings is 1. The molecule has 152 valence electrons. The number of fused-ring (bicyclic) bond motifs is 1. The van der Waals surface area contributed by atoms with E-state index in [-0.39, 0.29) is 11.9 Å². The van der Waals surface area contributed by atoms with Crippen molar-refractivity contribution in [2.24, 2.45) is 0 Å². The van der Waals surface area contributed by atoms with Crippen molar-refractivity contribution in [3.63, 3.8) is 0 Å². The van der Waals surface area contributed by atoms with Crippen molar-refractivity contribution in [2.75, 3.05) is 5.32 Å². The minimum absolute atomic E-state index is 0.232. The van der Waals surface area contributed by atoms with Crippen LogP contribution in [0.1, 0.15) is 10.4 Å². The maximum Gasteiger partial charge on any atom is 0.258 e. The Balaban J connectivity index is 1.38. The molecule has 0 unspecified atom stereocenters. The highest BCUT2D eigenvalue weighted by Crippen LogP contribution is 2.33. The van der Waals surface area contributed by atoms with E-state index >= 15 is 0 Å². The van der Waals surface area contributed by atoms with E-state index in [0.717, 1.165) is 22.4 Å². The average Bonchev–Trinajstić information content (AvgIpc) is 3.35. The number of amides is 1. The highest BCUT2D eigenvalue weighted by molar-refractivity contribution is 7.15. The lowest BCUT2D eigenvalue weighted by atomic mass is 10.0. The third-order valence-electron chi connectivity index (χ3n) is 4.77. The molecule has 31 heavy (non-hydrogen) atoms. The number of anilines is 1. The number of rotatable bonds is 4. The SMILES string of the molecule is O=C(Nc1nc2scc(-c3ccc(Cl)cc3Cl)n2n1)c1ccc(-c2ccccc2)cc1. The van der Waals surface area contributed by atoms with Crippen molar-refractivity contribution in [3.05, 3.63) is 93.8 Å². The predicted octanol–water partition coefficient (Wildman–Crippen LogP) is 6.68. The van der Waals surface area contributed by atoms with Gasteiger partial charge in [0.25, 0.3) is 11.9 Å². The van der Waals surface area contributed by atoms with Crippen LogP contribution in [0.3, 0.4) is 0 Å². The molecule has 1 amide bonds. The van der Waals surface area contributed by atoms with Crippen LogP contribution >= 0.6 is 34.5 Å². The highest BCUT2D eigenvalue weighted by Gasteiger charge is 2.16. The van der Waals surface area contributed by atoms with Crippen molar-refractivity contribution in [3.8, 4) is 22.4 Å². The van der Waals surface area contributed by atoms with E-state index in [1.807, 2.05) is 53.9 Å². The van der Waals surface area contributed by atoms with Crippen molar-refractivity contribution in [1.82, 2.24) is 14.6 Å². The summed E-state index contributed by atoms with van der Waals surface area (Å²) >= 11 is 13.7. The Kier molecular flexibility index (Phi) is 5.19. The molecule has 5 rings (SSSR count). The minimum atomic E-state index is -0.274. The lowest BCUT2D eigenvalue weighted by Gasteiger charge is -2.04. The summed E-state index contributed by atoms with van der Waals surface area (Å²) in [7, 11) is 0. The summed E-state index contributed by atoms with van der Waals surface area (Å²) in [6.07, 6.45) is 0. The van der Waals surface area contributed by atoms with Crippen LogP contribution in [0.25, 0.3) is 27.3 Å². The molecular weight excluding hydrogens is 451 g/mol. The monoisotopic (exact) mass is 464 g/mol. The maximum absolute atomic E-state index is 12.7. The highest BCUT2D eigenvalue weighted by atomic mass is 35.5. The molecular formula is C23H14Cl2N4OS. The zero-order valence-electron chi connectivity index (χ0n) is 15.9. The number of carbonyl (C=O) groups is 1. The normalized spacial score (nSPS) is 11.0. The van der Waals surface area contributed by atoms with E-state index in [2.05, 4.69) is 15.4 Å². The van der Waals surface area contributed by atoms with Crippen LogP contribution in [0, 0.1) is 0 Å². The number of aromatic nitrogens is 3. The number of halogens is 2. The fraction of sp³-hybridized carbons (Fsp3) is 0. The first-order valence-electron chi connectivity index (χ1n) is 9.35. The van der Waals surface area contributed by atoms with Gasteiger partial charge in [0.15, 0.2) is 0 Å². The van der Waals surface area contributed by atoms with E-state index in [0.29, 0.717) is 20.6 Å². The minimum Gasteiger partial charge on any atom is -0.289 e. The van der Waals surface area contributed by atoms with Crippen molar-refractivity contribution >= 4 is 51.4 Å². The molecule has 2 heterocycles. The largest absolute Gasteiger partial charge is 0.289 e. The van der Waals surface area contributed by atoms with Crippen LogP contribution in [-0.4, -0.2) is 20.5 Å². The summed E-state index contributed by atoms with van der Waals surface area (Å²) in [4.78, 5) is 17.7. The first kappa shape index (κ1) is 19.8. The van der Waals surface area contributed by atoms with Gasteiger partial charge in [-0.15, -0.1) is 16.4 Å². The van der Waals surface area contributed by atoms with Gasteiger partial charge in [0, 0.05) is 21.5 Å². The molecule has 0 radical (unpaired) electrons. The molecule has 0 bridgehead atoms. The van der Waals surface area contributed by atoms with E-state index < -0.39 is 0 Å². The molecule has 5 nitrogen and oxygen atoms in total. The molecule has 1 N–H and O–H groups in total. The van der Waals surface area contributed by atoms with Gasteiger partial charge in [-0.2, -0.15) is 4.98 Å². The van der Waals surface area contributed by atoms with Gasteiger partial charge in [-0.25, -0.2) is 4.52 Å². The molecule has 5 aromatic rings. The van der Waals surface area contributed by atoms with Gasteiger partial charge >= 0.3 is 0 Å². The maximum atomic E-state index is 12.7. The second-order valence-corrected chi connectivity index (χ2v) is 8.45. The molecule has 0 saturated heterocycles. The zero-order chi connectivity index (χ0) is 21.4. The first-order valence-corrected chi connectivity index (χ1v) is 11.0. The zero-order valence-corrected chi connectivity index (χ0v) is 18.2. The predicted molar refractivity (Wildman–Crippen MR) is 126 cm³/mol. The summed E-state index contributed by atoms with van der Waals surface area (Å²) in [5.41, 5.74) is 4.23. The van der Waals surface area contributed by atoms with E-state index in [9.17, 15) is 4.79 Å². The molecule has 2 aromatic heterocycles. The molecule has 0 aliphatic carbocycles. The molecule has 0 atom stereocenters. The number of benzene rings is 3. The number of hydrogen-bond donors (Lipinski definition) is 1. The van der Waals surface area contributed by atoms with Crippen LogP contribution in [-0.2, 0) is 0 Å². The average molecular weight is 465 g/mol. The third-order valence-corrected chi connectivity index (χ3v) is 6.13. The summed E-state index contributed by atoms with van der Waals surface area (Å²) in [5.74, 6) is -0.0424. The smallest absolute Gasteiger partial charge is 0.258 e. The third kappa shape index (κ3) is 3.93. The van der Waals surface area contributed by atoms with Crippen molar-refractivity contribution in [2.45, 2.75) is 0 Å². The van der Waals surface area contributed by atoms with E-state index in [1.165, 1.54) is 11.3 Å². The molecule has 8 heteroatoms. The molecule has 0 spiro atoms. The lowest BCUT2D eigenvalue weighted by Crippen LogP contribution is -2.13. The number of nitrogens with one attached hydrogen (secondary N) is 1. The van der Waals surface area contributed by atoms with Crippen molar-refractivity contribution in [1.29, 1.82) is 0 Å². The molecule has 0 aliphatic rings. The lowest BCUT2D eigenvalue weighted by molar-refractivity contribution is 0.102. The van der Waals surface area contributed by atoms with Crippen molar-refractivity contribution < 1.29 is 4.79 Å². The Morgan fingerprint density at radius 2 is 1.68 bits per heavy atom. The molecule has 0 saturated carbocycles. The van der Waals surface area contributed by atoms with Gasteiger partial charge in [-0.1, -0.05) is 65.7 Å². The van der Waals surface area contributed by atoms with Crippen LogP contribution in [0.15, 0.2) is 78.2 Å².